The molecule has 0 aliphatic rings. The molecule has 58 valence electrons. The van der Waals surface area contributed by atoms with Gasteiger partial charge in [0.1, 0.15) is 5.75 Å². The summed E-state index contributed by atoms with van der Waals surface area (Å²) in [6.07, 6.45) is 0. The molecule has 5 N–H and O–H groups in total. The Morgan fingerprint density at radius 1 is 1.55 bits per heavy atom. The van der Waals surface area contributed by atoms with E-state index in [1.807, 2.05) is 0 Å². The molecular formula is C7H8NO3+. The van der Waals surface area contributed by atoms with Crippen molar-refractivity contribution in [2.45, 2.75) is 0 Å². The molecule has 0 heterocycles. The largest absolute Gasteiger partial charge is 0.561 e. The molecule has 1 rings (SSSR count). The number of anilines is 1. The first-order chi connectivity index (χ1) is 5.11. The van der Waals surface area contributed by atoms with Gasteiger partial charge < -0.3 is 15.9 Å². The van der Waals surface area contributed by atoms with Crippen molar-refractivity contribution < 1.29 is 15.0 Å². The summed E-state index contributed by atoms with van der Waals surface area (Å²) in [6.45, 7) is 0. The Balaban J connectivity index is 3.23. The van der Waals surface area contributed by atoms with Crippen LogP contribution >= 0.6 is 0 Å². The molecule has 0 atom stereocenters. The molecule has 0 amide bonds. The lowest BCUT2D eigenvalue weighted by atomic mass is 10.2. The Kier molecular flexibility index (Phi) is 1.68. The van der Waals surface area contributed by atoms with E-state index in [1.165, 1.54) is 18.2 Å². The minimum atomic E-state index is -0.935. The first-order valence-corrected chi connectivity index (χ1v) is 2.95. The third kappa shape index (κ3) is 1.40. The van der Waals surface area contributed by atoms with Crippen LogP contribution in [0.25, 0.3) is 0 Å². The summed E-state index contributed by atoms with van der Waals surface area (Å²) >= 11 is 0. The minimum absolute atomic E-state index is 0.0648. The molecule has 1 aromatic rings. The van der Waals surface area contributed by atoms with Crippen LogP contribution in [-0.2, 0) is 0 Å². The Morgan fingerprint density at radius 2 is 2.18 bits per heavy atom. The summed E-state index contributed by atoms with van der Waals surface area (Å²) in [5.74, 6) is -1.14. The molecule has 0 aliphatic carbocycles. The van der Waals surface area contributed by atoms with Crippen LogP contribution in [0.5, 0.6) is 5.75 Å². The monoisotopic (exact) mass is 154 g/mol. The van der Waals surface area contributed by atoms with Gasteiger partial charge in [0.15, 0.2) is 5.56 Å². The molecule has 1 aromatic carbocycles. The topological polar surface area (TPSA) is 86.2 Å². The zero-order valence-corrected chi connectivity index (χ0v) is 5.66. The number of benzene rings is 1. The molecule has 0 fully saturated rings. The highest BCUT2D eigenvalue weighted by Gasteiger charge is 2.16. The summed E-state index contributed by atoms with van der Waals surface area (Å²) in [4.78, 5) is 10.5. The van der Waals surface area contributed by atoms with Crippen LogP contribution in [0.3, 0.4) is 0 Å². The maximum absolute atomic E-state index is 10.5. The SMILES string of the molecule is Nc1ccc(O)c(C(=O)[OH2+])c1. The third-order valence-corrected chi connectivity index (χ3v) is 1.27. The van der Waals surface area contributed by atoms with E-state index in [9.17, 15) is 4.79 Å². The molecule has 0 aromatic heterocycles. The first kappa shape index (κ1) is 7.40. The van der Waals surface area contributed by atoms with E-state index < -0.39 is 5.97 Å². The van der Waals surface area contributed by atoms with E-state index in [0.29, 0.717) is 5.69 Å². The van der Waals surface area contributed by atoms with Gasteiger partial charge in [-0.25, -0.2) is 0 Å². The summed E-state index contributed by atoms with van der Waals surface area (Å²) in [5.41, 5.74) is 5.61. The predicted molar refractivity (Wildman–Crippen MR) is 40.5 cm³/mol. The van der Waals surface area contributed by atoms with Gasteiger partial charge in [-0.2, -0.15) is 0 Å². The number of hydrogen-bond donors (Lipinski definition) is 2. The molecule has 0 spiro atoms. The Labute approximate surface area is 62.9 Å². The second-order valence-corrected chi connectivity index (χ2v) is 2.11. The Morgan fingerprint density at radius 3 is 2.64 bits per heavy atom. The molecule has 0 bridgehead atoms. The smallest absolute Gasteiger partial charge is 0.553 e. The highest BCUT2D eigenvalue weighted by atomic mass is 16.4. The average Bonchev–Trinajstić information content (AvgIpc) is 1.94. The van der Waals surface area contributed by atoms with Crippen LogP contribution in [0.2, 0.25) is 0 Å². The van der Waals surface area contributed by atoms with E-state index in [-0.39, 0.29) is 11.3 Å². The number of phenolic OH excluding ortho intramolecular Hbond substituents is 1. The van der Waals surface area contributed by atoms with Crippen molar-refractivity contribution in [2.75, 3.05) is 5.73 Å². The fourth-order valence-corrected chi connectivity index (χ4v) is 0.736. The van der Waals surface area contributed by atoms with Crippen molar-refractivity contribution in [3.8, 4) is 5.75 Å². The number of nitrogens with two attached hydrogens (primary N) is 1. The number of rotatable bonds is 1. The fourth-order valence-electron chi connectivity index (χ4n) is 0.736. The van der Waals surface area contributed by atoms with Crippen molar-refractivity contribution in [3.05, 3.63) is 23.8 Å². The number of nitrogen functional groups attached to an aromatic ring is 1. The molecule has 11 heavy (non-hydrogen) atoms. The van der Waals surface area contributed by atoms with Gasteiger partial charge in [0.2, 0.25) is 0 Å². The van der Waals surface area contributed by atoms with E-state index in [1.54, 1.807) is 0 Å². The highest BCUT2D eigenvalue weighted by molar-refractivity contribution is 5.91. The van der Waals surface area contributed by atoms with Crippen molar-refractivity contribution in [3.63, 3.8) is 0 Å². The summed E-state index contributed by atoms with van der Waals surface area (Å²) in [7, 11) is 0. The predicted octanol–water partition coefficient (Wildman–Crippen LogP) is -0.161. The van der Waals surface area contributed by atoms with Crippen LogP contribution in [0.4, 0.5) is 5.69 Å². The van der Waals surface area contributed by atoms with E-state index in [4.69, 9.17) is 15.9 Å². The molecule has 4 heteroatoms. The van der Waals surface area contributed by atoms with Gasteiger partial charge in [0.05, 0.1) is 0 Å². The van der Waals surface area contributed by atoms with Crippen LogP contribution in [0.1, 0.15) is 10.4 Å². The fraction of sp³-hybridized carbons (Fsp3) is 0. The second kappa shape index (κ2) is 2.49. The number of phenols is 1. The van der Waals surface area contributed by atoms with Gasteiger partial charge in [-0.3, -0.25) is 0 Å². The average molecular weight is 154 g/mol. The molecule has 0 aliphatic heterocycles. The number of carbonyl (C=O) groups excluding carboxylic acids is 1. The lowest BCUT2D eigenvalue weighted by Gasteiger charge is -1.95. The third-order valence-electron chi connectivity index (χ3n) is 1.27. The van der Waals surface area contributed by atoms with Crippen LogP contribution in [0.15, 0.2) is 18.2 Å². The normalized spacial score (nSPS) is 9.45. The minimum Gasteiger partial charge on any atom is -0.561 e. The molecule has 0 radical (unpaired) electrons. The van der Waals surface area contributed by atoms with E-state index in [2.05, 4.69) is 0 Å². The van der Waals surface area contributed by atoms with E-state index in [0.717, 1.165) is 0 Å². The van der Waals surface area contributed by atoms with Crippen LogP contribution < -0.4 is 5.73 Å². The number of aromatic hydroxyl groups is 1. The van der Waals surface area contributed by atoms with Crippen LogP contribution in [0, 0.1) is 0 Å². The Bertz CT molecular complexity index is 296. The van der Waals surface area contributed by atoms with Crippen molar-refractivity contribution in [1.82, 2.24) is 0 Å². The molecule has 0 unspecified atom stereocenters. The van der Waals surface area contributed by atoms with E-state index >= 15 is 0 Å². The molecule has 0 saturated carbocycles. The standard InChI is InChI=1S/C7H7NO3/c8-4-1-2-6(9)5(3-4)7(10)11/h1-3,9H,8H2,(H,10,11)/p+1. The van der Waals surface area contributed by atoms with Gasteiger partial charge in [-0.05, 0) is 18.2 Å². The quantitative estimate of drug-likeness (QED) is 0.334. The summed E-state index contributed by atoms with van der Waals surface area (Å²) in [6, 6.07) is 4.02. The molecular weight excluding hydrogens is 146 g/mol. The van der Waals surface area contributed by atoms with Crippen molar-refractivity contribution >= 4 is 11.7 Å². The number of hydrogen-bond acceptors (Lipinski definition) is 3. The second-order valence-electron chi connectivity index (χ2n) is 2.11. The maximum Gasteiger partial charge on any atom is 0.553 e. The zero-order valence-electron chi connectivity index (χ0n) is 5.66. The first-order valence-electron chi connectivity index (χ1n) is 2.95. The Hall–Kier alpha value is -1.71. The summed E-state index contributed by atoms with van der Waals surface area (Å²) < 4.78 is 0. The molecule has 0 saturated heterocycles. The molecule has 4 nitrogen and oxygen atoms in total. The highest BCUT2D eigenvalue weighted by Crippen LogP contribution is 2.18. The van der Waals surface area contributed by atoms with Gasteiger partial charge in [-0.1, -0.05) is 0 Å². The van der Waals surface area contributed by atoms with Gasteiger partial charge in [0, 0.05) is 10.5 Å². The van der Waals surface area contributed by atoms with Crippen molar-refractivity contribution in [1.29, 1.82) is 0 Å². The zero-order chi connectivity index (χ0) is 8.43. The van der Waals surface area contributed by atoms with Gasteiger partial charge >= 0.3 is 5.97 Å². The van der Waals surface area contributed by atoms with Gasteiger partial charge in [0.25, 0.3) is 0 Å². The van der Waals surface area contributed by atoms with Crippen LogP contribution in [-0.4, -0.2) is 16.2 Å². The van der Waals surface area contributed by atoms with Crippen molar-refractivity contribution in [2.24, 2.45) is 0 Å². The number of carbonyl (C=O) groups is 1. The van der Waals surface area contributed by atoms with Gasteiger partial charge in [-0.15, -0.1) is 0 Å². The maximum atomic E-state index is 10.5. The summed E-state index contributed by atoms with van der Waals surface area (Å²) in [5, 5.41) is 15.7. The lowest BCUT2D eigenvalue weighted by Crippen LogP contribution is -1.97. The lowest BCUT2D eigenvalue weighted by molar-refractivity contribution is 0.0694.